The van der Waals surface area contributed by atoms with Crippen LogP contribution in [0.1, 0.15) is 71.1 Å². The van der Waals surface area contributed by atoms with Crippen molar-refractivity contribution in [3.8, 4) is 16.9 Å². The summed E-state index contributed by atoms with van der Waals surface area (Å²) in [5.74, 6) is -0.901. The molecule has 210 valence electrons. The largest absolute Gasteiger partial charge is 0.434 e. The van der Waals surface area contributed by atoms with Gasteiger partial charge in [-0.2, -0.15) is 13.9 Å². The maximum atomic E-state index is 13.4. The molecule has 1 aliphatic heterocycles. The molecule has 1 aromatic carbocycles. The molecular formula is C29H26F2N6O4. The predicted octanol–water partition coefficient (Wildman–Crippen LogP) is 3.53. The van der Waals surface area contributed by atoms with Crippen molar-refractivity contribution in [2.45, 2.75) is 50.4 Å². The number of carbonyl (C=O) groups excluding carboxylic acids is 2. The summed E-state index contributed by atoms with van der Waals surface area (Å²) < 4.78 is 33.3. The molecule has 1 fully saturated rings. The van der Waals surface area contributed by atoms with Gasteiger partial charge in [0.15, 0.2) is 5.82 Å². The average Bonchev–Trinajstić information content (AvgIpc) is 3.45. The number of aromatic nitrogens is 4. The normalized spacial score (nSPS) is 26.5. The highest BCUT2D eigenvalue weighted by Gasteiger charge is 2.57. The Morgan fingerprint density at radius 1 is 1.17 bits per heavy atom. The SMILES string of the molecule is CN1C(=O)c2cccc(OC(F)F)c2[C@H]2C[C@@H]1c1nn3ccc(-c4cnc(C5(O)CC(C)(C(N)=O)C5)nc4)cc3c12. The Bertz CT molecular complexity index is 1750. The molecule has 4 aromatic rings. The summed E-state index contributed by atoms with van der Waals surface area (Å²) in [5.41, 5.74) is 7.95. The first kappa shape index (κ1) is 25.5. The molecule has 3 aromatic heterocycles. The number of hydrogen-bond donors (Lipinski definition) is 2. The van der Waals surface area contributed by atoms with Gasteiger partial charge in [-0.05, 0) is 49.1 Å². The van der Waals surface area contributed by atoms with Crippen LogP contribution in [0.2, 0.25) is 0 Å². The lowest BCUT2D eigenvalue weighted by molar-refractivity contribution is -0.162. The van der Waals surface area contributed by atoms with Crippen LogP contribution in [-0.4, -0.2) is 55.1 Å². The smallest absolute Gasteiger partial charge is 0.387 e. The Morgan fingerprint density at radius 3 is 2.59 bits per heavy atom. The Hall–Kier alpha value is -4.45. The molecule has 0 spiro atoms. The quantitative estimate of drug-likeness (QED) is 0.381. The van der Waals surface area contributed by atoms with E-state index in [0.29, 0.717) is 23.1 Å². The summed E-state index contributed by atoms with van der Waals surface area (Å²) in [6.07, 6.45) is 5.83. The third-order valence-corrected chi connectivity index (χ3v) is 8.84. The number of nitrogens with two attached hydrogens (primary N) is 1. The molecular weight excluding hydrogens is 534 g/mol. The van der Waals surface area contributed by atoms with E-state index >= 15 is 0 Å². The van der Waals surface area contributed by atoms with Gasteiger partial charge < -0.3 is 20.5 Å². The molecule has 41 heavy (non-hydrogen) atoms. The predicted molar refractivity (Wildman–Crippen MR) is 141 cm³/mol. The van der Waals surface area contributed by atoms with Gasteiger partial charge in [-0.15, -0.1) is 0 Å². The molecule has 2 bridgehead atoms. The second-order valence-corrected chi connectivity index (χ2v) is 11.5. The van der Waals surface area contributed by atoms with Crippen LogP contribution in [0.5, 0.6) is 5.75 Å². The van der Waals surface area contributed by atoms with Gasteiger partial charge in [-0.3, -0.25) is 9.59 Å². The van der Waals surface area contributed by atoms with E-state index in [1.54, 1.807) is 54.1 Å². The highest BCUT2D eigenvalue weighted by atomic mass is 19.3. The molecule has 2 amide bonds. The van der Waals surface area contributed by atoms with Crippen LogP contribution in [-0.2, 0) is 10.4 Å². The number of hydrogen-bond acceptors (Lipinski definition) is 7. The van der Waals surface area contributed by atoms with Crippen molar-refractivity contribution in [3.63, 3.8) is 0 Å². The molecule has 7 rings (SSSR count). The van der Waals surface area contributed by atoms with E-state index in [1.165, 1.54) is 6.07 Å². The summed E-state index contributed by atoms with van der Waals surface area (Å²) >= 11 is 0. The maximum absolute atomic E-state index is 13.4. The number of primary amides is 1. The van der Waals surface area contributed by atoms with E-state index in [-0.39, 0.29) is 42.3 Å². The van der Waals surface area contributed by atoms with Crippen LogP contribution in [0.25, 0.3) is 16.6 Å². The molecule has 0 radical (unpaired) electrons. The number of benzene rings is 1. The molecule has 3 N–H and O–H groups in total. The highest BCUT2D eigenvalue weighted by Crippen LogP contribution is 2.54. The third-order valence-electron chi connectivity index (χ3n) is 8.84. The zero-order chi connectivity index (χ0) is 28.8. The van der Waals surface area contributed by atoms with Gasteiger partial charge in [0.1, 0.15) is 11.4 Å². The Balaban J connectivity index is 1.29. The second kappa shape index (κ2) is 8.53. The summed E-state index contributed by atoms with van der Waals surface area (Å²) in [4.78, 5) is 35.4. The van der Waals surface area contributed by atoms with Gasteiger partial charge in [0.25, 0.3) is 5.91 Å². The summed E-state index contributed by atoms with van der Waals surface area (Å²) in [7, 11) is 1.70. The van der Waals surface area contributed by atoms with Crippen LogP contribution in [0.15, 0.2) is 48.9 Å². The topological polar surface area (TPSA) is 136 Å². The van der Waals surface area contributed by atoms with Crippen molar-refractivity contribution in [1.82, 2.24) is 24.5 Å². The molecule has 0 unspecified atom stereocenters. The lowest BCUT2D eigenvalue weighted by Crippen LogP contribution is -2.55. The number of rotatable bonds is 5. The molecule has 10 nitrogen and oxygen atoms in total. The van der Waals surface area contributed by atoms with Crippen LogP contribution in [0.3, 0.4) is 0 Å². The van der Waals surface area contributed by atoms with E-state index in [4.69, 9.17) is 15.6 Å². The molecule has 0 saturated heterocycles. The van der Waals surface area contributed by atoms with Gasteiger partial charge >= 0.3 is 6.61 Å². The zero-order valence-electron chi connectivity index (χ0n) is 22.2. The zero-order valence-corrected chi connectivity index (χ0v) is 22.2. The Kier molecular flexibility index (Phi) is 5.31. The van der Waals surface area contributed by atoms with E-state index in [9.17, 15) is 23.5 Å². The second-order valence-electron chi connectivity index (χ2n) is 11.5. The van der Waals surface area contributed by atoms with Gasteiger partial charge in [-0.1, -0.05) is 13.0 Å². The molecule has 2 aliphatic carbocycles. The van der Waals surface area contributed by atoms with Crippen LogP contribution in [0.4, 0.5) is 8.78 Å². The monoisotopic (exact) mass is 560 g/mol. The fraction of sp³-hybridized carbons (Fsp3) is 0.345. The lowest BCUT2D eigenvalue weighted by atomic mass is 9.59. The minimum absolute atomic E-state index is 0.0152. The minimum Gasteiger partial charge on any atom is -0.434 e. The summed E-state index contributed by atoms with van der Waals surface area (Å²) in [6.45, 7) is -1.32. The van der Waals surface area contributed by atoms with Gasteiger partial charge in [0.05, 0.1) is 22.7 Å². The average molecular weight is 561 g/mol. The van der Waals surface area contributed by atoms with E-state index in [1.807, 2.05) is 12.1 Å². The van der Waals surface area contributed by atoms with E-state index in [2.05, 4.69) is 9.97 Å². The number of amides is 2. The number of aliphatic hydroxyl groups is 1. The van der Waals surface area contributed by atoms with Crippen molar-refractivity contribution in [2.75, 3.05) is 7.05 Å². The number of ether oxygens (including phenoxy) is 1. The summed E-state index contributed by atoms with van der Waals surface area (Å²) in [5, 5.41) is 15.7. The third kappa shape index (κ3) is 3.66. The minimum atomic E-state index is -3.03. The Labute approximate surface area is 232 Å². The maximum Gasteiger partial charge on any atom is 0.387 e. The number of nitrogens with zero attached hydrogens (tertiary/aromatic N) is 5. The van der Waals surface area contributed by atoms with Crippen molar-refractivity contribution in [1.29, 1.82) is 0 Å². The fourth-order valence-corrected chi connectivity index (χ4v) is 6.83. The lowest BCUT2D eigenvalue weighted by Gasteiger charge is -2.48. The van der Waals surface area contributed by atoms with Crippen molar-refractivity contribution >= 4 is 17.3 Å². The van der Waals surface area contributed by atoms with Crippen LogP contribution >= 0.6 is 0 Å². The van der Waals surface area contributed by atoms with Crippen molar-refractivity contribution < 1.29 is 28.2 Å². The first-order chi connectivity index (χ1) is 19.5. The highest BCUT2D eigenvalue weighted by molar-refractivity contribution is 5.98. The number of fused-ring (bicyclic) bond motifs is 9. The first-order valence-corrected chi connectivity index (χ1v) is 13.2. The van der Waals surface area contributed by atoms with Gasteiger partial charge in [0, 0.05) is 53.8 Å². The van der Waals surface area contributed by atoms with Crippen molar-refractivity contribution in [3.05, 3.63) is 77.1 Å². The summed E-state index contributed by atoms with van der Waals surface area (Å²) in [6, 6.07) is 8.12. The van der Waals surface area contributed by atoms with Crippen LogP contribution in [0, 0.1) is 5.41 Å². The number of carbonyl (C=O) groups is 2. The molecule has 2 atom stereocenters. The molecule has 4 heterocycles. The van der Waals surface area contributed by atoms with Gasteiger partial charge in [-0.25, -0.2) is 14.5 Å². The van der Waals surface area contributed by atoms with Crippen molar-refractivity contribution in [2.24, 2.45) is 11.1 Å². The van der Waals surface area contributed by atoms with Gasteiger partial charge in [0.2, 0.25) is 5.91 Å². The first-order valence-electron chi connectivity index (χ1n) is 13.2. The molecule has 1 saturated carbocycles. The van der Waals surface area contributed by atoms with Crippen LogP contribution < -0.4 is 10.5 Å². The number of halogens is 2. The standard InChI is InChI=1S/C29H26F2N6O4/c1-28(25(32)39)12-29(40,13-28)26-33-10-15(11-34-26)14-6-7-37-18(8-14)22-17-9-19(23(22)35-37)36(2)24(38)16-4-3-5-20(21(16)17)41-27(30)31/h3-8,10-11,17,19,27,40H,9,12-13H2,1-2H3,(H2,32,39)/t17-,19-,28?,29?/m1/s1. The number of alkyl halides is 2. The molecule has 3 aliphatic rings. The molecule has 12 heteroatoms. The Morgan fingerprint density at radius 2 is 1.90 bits per heavy atom. The van der Waals surface area contributed by atoms with E-state index < -0.39 is 23.5 Å². The number of pyridine rings is 1. The fourth-order valence-electron chi connectivity index (χ4n) is 6.83. The van der Waals surface area contributed by atoms with E-state index in [0.717, 1.165) is 22.3 Å².